The summed E-state index contributed by atoms with van der Waals surface area (Å²) in [5.74, 6) is -0.426. The lowest BCUT2D eigenvalue weighted by Crippen LogP contribution is -2.08. The van der Waals surface area contributed by atoms with E-state index in [1.807, 2.05) is 0 Å². The highest BCUT2D eigenvalue weighted by atomic mass is 35.5. The van der Waals surface area contributed by atoms with Gasteiger partial charge >= 0.3 is 6.18 Å². The van der Waals surface area contributed by atoms with E-state index in [2.05, 4.69) is 0 Å². The van der Waals surface area contributed by atoms with Crippen molar-refractivity contribution in [1.29, 1.82) is 0 Å². The van der Waals surface area contributed by atoms with Crippen LogP contribution < -0.4 is 0 Å². The fourth-order valence-corrected chi connectivity index (χ4v) is 1.41. The minimum absolute atomic E-state index is 0.101. The molecule has 0 unspecified atom stereocenters. The first-order chi connectivity index (χ1) is 7.79. The number of halogens is 4. The molecular formula is C11H8ClF3O2. The van der Waals surface area contributed by atoms with Gasteiger partial charge in [0.2, 0.25) is 5.24 Å². The second-order valence-corrected chi connectivity index (χ2v) is 3.86. The van der Waals surface area contributed by atoms with Gasteiger partial charge < -0.3 is 0 Å². The smallest absolute Gasteiger partial charge is 0.299 e. The number of carbonyl (C=O) groups excluding carboxylic acids is 2. The Balaban J connectivity index is 2.69. The second kappa shape index (κ2) is 5.31. The van der Waals surface area contributed by atoms with Crippen LogP contribution in [0.2, 0.25) is 0 Å². The number of hydrogen-bond acceptors (Lipinski definition) is 2. The van der Waals surface area contributed by atoms with Crippen LogP contribution >= 0.6 is 11.6 Å². The summed E-state index contributed by atoms with van der Waals surface area (Å²) >= 11 is 5.02. The maximum absolute atomic E-state index is 12.2. The van der Waals surface area contributed by atoms with E-state index in [0.29, 0.717) is 5.56 Å². The van der Waals surface area contributed by atoms with E-state index in [-0.39, 0.29) is 6.42 Å². The zero-order valence-electron chi connectivity index (χ0n) is 8.55. The summed E-state index contributed by atoms with van der Waals surface area (Å²) in [7, 11) is 0. The SMILES string of the molecule is O=C(Cl)CC(=O)Cc1ccc(C(F)(F)F)cc1. The van der Waals surface area contributed by atoms with Gasteiger partial charge in [0.05, 0.1) is 12.0 Å². The number of hydrogen-bond donors (Lipinski definition) is 0. The molecular weight excluding hydrogens is 257 g/mol. The molecule has 0 N–H and O–H groups in total. The van der Waals surface area contributed by atoms with Gasteiger partial charge in [0.1, 0.15) is 5.78 Å². The normalized spacial score (nSPS) is 11.3. The van der Waals surface area contributed by atoms with Crippen molar-refractivity contribution in [3.8, 4) is 0 Å². The summed E-state index contributed by atoms with van der Waals surface area (Å²) < 4.78 is 36.7. The summed E-state index contributed by atoms with van der Waals surface area (Å²) in [5.41, 5.74) is -0.358. The lowest BCUT2D eigenvalue weighted by Gasteiger charge is -2.06. The lowest BCUT2D eigenvalue weighted by atomic mass is 10.1. The van der Waals surface area contributed by atoms with Crippen LogP contribution in [-0.2, 0) is 22.2 Å². The molecule has 17 heavy (non-hydrogen) atoms. The monoisotopic (exact) mass is 264 g/mol. The molecule has 0 amide bonds. The highest BCUT2D eigenvalue weighted by Crippen LogP contribution is 2.29. The van der Waals surface area contributed by atoms with Gasteiger partial charge in [0, 0.05) is 6.42 Å². The van der Waals surface area contributed by atoms with E-state index in [4.69, 9.17) is 11.6 Å². The van der Waals surface area contributed by atoms with Crippen molar-refractivity contribution in [3.63, 3.8) is 0 Å². The Morgan fingerprint density at radius 1 is 1.12 bits per heavy atom. The molecule has 6 heteroatoms. The first-order valence-electron chi connectivity index (χ1n) is 4.65. The molecule has 1 aromatic carbocycles. The van der Waals surface area contributed by atoms with E-state index >= 15 is 0 Å². The third-order valence-corrected chi connectivity index (χ3v) is 2.15. The fourth-order valence-electron chi connectivity index (χ4n) is 1.26. The number of alkyl halides is 3. The van der Waals surface area contributed by atoms with E-state index in [1.54, 1.807) is 0 Å². The van der Waals surface area contributed by atoms with Gasteiger partial charge in [-0.05, 0) is 29.3 Å². The molecule has 1 aromatic rings. The molecule has 0 aliphatic carbocycles. The van der Waals surface area contributed by atoms with Crippen molar-refractivity contribution >= 4 is 22.6 Å². The minimum Gasteiger partial charge on any atom is -0.299 e. The number of Topliss-reactive ketones (excluding diaryl/α,β-unsaturated/α-hetero) is 1. The molecule has 0 aliphatic heterocycles. The van der Waals surface area contributed by atoms with Gasteiger partial charge in [-0.15, -0.1) is 0 Å². The fraction of sp³-hybridized carbons (Fsp3) is 0.273. The molecule has 92 valence electrons. The highest BCUT2D eigenvalue weighted by molar-refractivity contribution is 6.64. The van der Waals surface area contributed by atoms with Crippen LogP contribution in [0.1, 0.15) is 17.5 Å². The number of rotatable bonds is 4. The summed E-state index contributed by atoms with van der Waals surface area (Å²) in [6.07, 6.45) is -4.91. The highest BCUT2D eigenvalue weighted by Gasteiger charge is 2.29. The van der Waals surface area contributed by atoms with Crippen LogP contribution in [0.5, 0.6) is 0 Å². The first-order valence-corrected chi connectivity index (χ1v) is 5.03. The second-order valence-electron chi connectivity index (χ2n) is 3.44. The van der Waals surface area contributed by atoms with Crippen LogP contribution in [0.25, 0.3) is 0 Å². The Labute approximate surface area is 100 Å². The lowest BCUT2D eigenvalue weighted by molar-refractivity contribution is -0.137. The molecule has 0 fully saturated rings. The quantitative estimate of drug-likeness (QED) is 0.619. The molecule has 0 saturated heterocycles. The minimum atomic E-state index is -4.39. The average molecular weight is 265 g/mol. The van der Waals surface area contributed by atoms with Gasteiger partial charge in [-0.2, -0.15) is 13.2 Å². The number of benzene rings is 1. The third-order valence-electron chi connectivity index (χ3n) is 2.02. The van der Waals surface area contributed by atoms with Gasteiger partial charge in [-0.3, -0.25) is 9.59 Å². The van der Waals surface area contributed by atoms with E-state index in [1.165, 1.54) is 12.1 Å². The van der Waals surface area contributed by atoms with Crippen molar-refractivity contribution in [3.05, 3.63) is 35.4 Å². The molecule has 0 radical (unpaired) electrons. The largest absolute Gasteiger partial charge is 0.416 e. The van der Waals surface area contributed by atoms with E-state index in [9.17, 15) is 22.8 Å². The van der Waals surface area contributed by atoms with Gasteiger partial charge in [0.15, 0.2) is 0 Å². The Bertz CT molecular complexity index is 423. The maximum atomic E-state index is 12.2. The summed E-state index contributed by atoms with van der Waals surface area (Å²) in [4.78, 5) is 21.6. The molecule has 1 rings (SSSR count). The molecule has 0 aromatic heterocycles. The Hall–Kier alpha value is -1.36. The molecule has 0 aliphatic rings. The molecule has 0 saturated carbocycles. The van der Waals surface area contributed by atoms with Crippen molar-refractivity contribution in [1.82, 2.24) is 0 Å². The maximum Gasteiger partial charge on any atom is 0.416 e. The Kier molecular flexibility index (Phi) is 4.28. The summed E-state index contributed by atoms with van der Waals surface area (Å²) in [6.45, 7) is 0. The first kappa shape index (κ1) is 13.7. The Morgan fingerprint density at radius 2 is 1.65 bits per heavy atom. The van der Waals surface area contributed by atoms with Gasteiger partial charge in [-0.25, -0.2) is 0 Å². The zero-order valence-corrected chi connectivity index (χ0v) is 9.31. The van der Waals surface area contributed by atoms with Crippen LogP contribution in [0.3, 0.4) is 0 Å². The van der Waals surface area contributed by atoms with Crippen molar-refractivity contribution in [2.45, 2.75) is 19.0 Å². The van der Waals surface area contributed by atoms with E-state index in [0.717, 1.165) is 12.1 Å². The Morgan fingerprint density at radius 3 is 2.06 bits per heavy atom. The number of carbonyl (C=O) groups is 2. The zero-order chi connectivity index (χ0) is 13.1. The van der Waals surface area contributed by atoms with Crippen LogP contribution in [0, 0.1) is 0 Å². The standard InChI is InChI=1S/C11H8ClF3O2/c12-10(17)6-9(16)5-7-1-3-8(4-2-7)11(13,14)15/h1-4H,5-6H2. The van der Waals surface area contributed by atoms with Crippen molar-refractivity contribution in [2.75, 3.05) is 0 Å². The molecule has 0 spiro atoms. The molecule has 0 bridgehead atoms. The summed E-state index contributed by atoms with van der Waals surface area (Å²) in [6, 6.07) is 4.20. The van der Waals surface area contributed by atoms with Gasteiger partial charge in [-0.1, -0.05) is 12.1 Å². The van der Waals surface area contributed by atoms with E-state index < -0.39 is 29.2 Å². The van der Waals surface area contributed by atoms with Crippen LogP contribution in [0.15, 0.2) is 24.3 Å². The summed E-state index contributed by atoms with van der Waals surface area (Å²) in [5, 5.41) is -0.776. The molecule has 0 atom stereocenters. The predicted octanol–water partition coefficient (Wildman–Crippen LogP) is 2.97. The van der Waals surface area contributed by atoms with Crippen molar-refractivity contribution < 1.29 is 22.8 Å². The van der Waals surface area contributed by atoms with Crippen LogP contribution in [-0.4, -0.2) is 11.0 Å². The predicted molar refractivity (Wildman–Crippen MR) is 55.6 cm³/mol. The van der Waals surface area contributed by atoms with Crippen LogP contribution in [0.4, 0.5) is 13.2 Å². The third kappa shape index (κ3) is 4.56. The molecule has 0 heterocycles. The number of ketones is 1. The topological polar surface area (TPSA) is 34.1 Å². The van der Waals surface area contributed by atoms with Gasteiger partial charge in [0.25, 0.3) is 0 Å². The average Bonchev–Trinajstić information content (AvgIpc) is 2.15. The molecule has 2 nitrogen and oxygen atoms in total. The van der Waals surface area contributed by atoms with Crippen molar-refractivity contribution in [2.24, 2.45) is 0 Å².